The van der Waals surface area contributed by atoms with Crippen molar-refractivity contribution in [3.05, 3.63) is 54.6 Å². The molecular weight excluding hydrogens is 390 g/mol. The molecule has 4 rings (SSSR count). The first-order chi connectivity index (χ1) is 15.2. The summed E-state index contributed by atoms with van der Waals surface area (Å²) in [5.41, 5.74) is 1.71. The zero-order valence-electron chi connectivity index (χ0n) is 18.2. The van der Waals surface area contributed by atoms with Gasteiger partial charge in [0.15, 0.2) is 6.61 Å². The standard InChI is InChI=1S/C25H29N3O3/c1-3-27-13-15-28(16-14-27)25-20-10-6-5-9-19(20)17-22(26-25)21-11-7-8-12-23(21)31-18-24(29)30-4-2/h5-12,17H,3-4,13-16,18H2,1-2H3. The van der Waals surface area contributed by atoms with Gasteiger partial charge < -0.3 is 19.3 Å². The van der Waals surface area contributed by atoms with Crippen molar-refractivity contribution < 1.29 is 14.3 Å². The summed E-state index contributed by atoms with van der Waals surface area (Å²) in [4.78, 5) is 21.7. The topological polar surface area (TPSA) is 54.9 Å². The Bertz CT molecular complexity index is 1050. The van der Waals surface area contributed by atoms with Gasteiger partial charge in [0.1, 0.15) is 11.6 Å². The molecule has 31 heavy (non-hydrogen) atoms. The number of ether oxygens (including phenoxy) is 2. The van der Waals surface area contributed by atoms with Crippen LogP contribution in [0.4, 0.5) is 5.82 Å². The first-order valence-corrected chi connectivity index (χ1v) is 10.9. The minimum atomic E-state index is -0.377. The molecule has 1 aliphatic rings. The third-order valence-electron chi connectivity index (χ3n) is 5.65. The molecule has 6 nitrogen and oxygen atoms in total. The summed E-state index contributed by atoms with van der Waals surface area (Å²) in [5.74, 6) is 1.25. The number of hydrogen-bond acceptors (Lipinski definition) is 6. The number of fused-ring (bicyclic) bond motifs is 1. The van der Waals surface area contributed by atoms with Gasteiger partial charge in [-0.05, 0) is 37.1 Å². The number of carbonyl (C=O) groups is 1. The van der Waals surface area contributed by atoms with E-state index in [1.54, 1.807) is 6.92 Å². The summed E-state index contributed by atoms with van der Waals surface area (Å²) < 4.78 is 10.8. The van der Waals surface area contributed by atoms with E-state index in [9.17, 15) is 4.79 Å². The molecule has 2 heterocycles. The molecule has 0 amide bonds. The Balaban J connectivity index is 1.70. The smallest absolute Gasteiger partial charge is 0.344 e. The average molecular weight is 420 g/mol. The molecule has 0 aliphatic carbocycles. The highest BCUT2D eigenvalue weighted by molar-refractivity contribution is 5.95. The Morgan fingerprint density at radius 3 is 2.52 bits per heavy atom. The van der Waals surface area contributed by atoms with Crippen molar-refractivity contribution in [2.24, 2.45) is 0 Å². The maximum atomic E-state index is 11.8. The van der Waals surface area contributed by atoms with Crippen molar-refractivity contribution >= 4 is 22.6 Å². The monoisotopic (exact) mass is 419 g/mol. The third kappa shape index (κ3) is 4.80. The van der Waals surface area contributed by atoms with Crippen molar-refractivity contribution in [2.75, 3.05) is 50.8 Å². The number of likely N-dealkylation sites (N-methyl/N-ethyl adjacent to an activating group) is 1. The van der Waals surface area contributed by atoms with E-state index in [0.717, 1.165) is 60.6 Å². The number of rotatable bonds is 7. The van der Waals surface area contributed by atoms with Crippen molar-refractivity contribution in [3.63, 3.8) is 0 Å². The third-order valence-corrected chi connectivity index (χ3v) is 5.65. The molecular formula is C25H29N3O3. The molecule has 0 bridgehead atoms. The van der Waals surface area contributed by atoms with Gasteiger partial charge in [0.05, 0.1) is 12.3 Å². The molecule has 1 fully saturated rings. The second-order valence-electron chi connectivity index (χ2n) is 7.56. The molecule has 0 N–H and O–H groups in total. The lowest BCUT2D eigenvalue weighted by atomic mass is 10.1. The van der Waals surface area contributed by atoms with Crippen molar-refractivity contribution in [3.8, 4) is 17.0 Å². The van der Waals surface area contributed by atoms with Crippen LogP contribution in [0, 0.1) is 0 Å². The highest BCUT2D eigenvalue weighted by Gasteiger charge is 2.20. The van der Waals surface area contributed by atoms with Crippen LogP contribution >= 0.6 is 0 Å². The Morgan fingerprint density at radius 2 is 1.74 bits per heavy atom. The highest BCUT2D eigenvalue weighted by Crippen LogP contribution is 2.34. The molecule has 0 radical (unpaired) electrons. The minimum Gasteiger partial charge on any atom is -0.481 e. The number of benzene rings is 2. The quantitative estimate of drug-likeness (QED) is 0.540. The van der Waals surface area contributed by atoms with Gasteiger partial charge in [0.2, 0.25) is 0 Å². The number of esters is 1. The zero-order valence-corrected chi connectivity index (χ0v) is 18.2. The van der Waals surface area contributed by atoms with E-state index in [2.05, 4.69) is 41.0 Å². The van der Waals surface area contributed by atoms with Gasteiger partial charge in [0, 0.05) is 37.1 Å². The van der Waals surface area contributed by atoms with E-state index in [0.29, 0.717) is 12.4 Å². The molecule has 1 aliphatic heterocycles. The van der Waals surface area contributed by atoms with E-state index in [4.69, 9.17) is 14.5 Å². The number of carbonyl (C=O) groups excluding carboxylic acids is 1. The fourth-order valence-corrected chi connectivity index (χ4v) is 3.98. The summed E-state index contributed by atoms with van der Waals surface area (Å²) in [6, 6.07) is 18.2. The van der Waals surface area contributed by atoms with Crippen LogP contribution in [0.15, 0.2) is 54.6 Å². The summed E-state index contributed by atoms with van der Waals surface area (Å²) >= 11 is 0. The molecule has 162 valence electrons. The number of hydrogen-bond donors (Lipinski definition) is 0. The Hall–Kier alpha value is -3.12. The lowest BCUT2D eigenvalue weighted by molar-refractivity contribution is -0.145. The fourth-order valence-electron chi connectivity index (χ4n) is 3.98. The van der Waals surface area contributed by atoms with Gasteiger partial charge in [0.25, 0.3) is 0 Å². The summed E-state index contributed by atoms with van der Waals surface area (Å²) in [7, 11) is 0. The first kappa shape index (κ1) is 21.1. The van der Waals surface area contributed by atoms with Crippen LogP contribution in [0.2, 0.25) is 0 Å². The van der Waals surface area contributed by atoms with Gasteiger partial charge in [-0.25, -0.2) is 9.78 Å². The van der Waals surface area contributed by atoms with Crippen LogP contribution in [0.1, 0.15) is 13.8 Å². The fraction of sp³-hybridized carbons (Fsp3) is 0.360. The van der Waals surface area contributed by atoms with Crippen LogP contribution in [0.3, 0.4) is 0 Å². The minimum absolute atomic E-state index is 0.121. The Kier molecular flexibility index (Phi) is 6.67. The van der Waals surface area contributed by atoms with Crippen LogP contribution < -0.4 is 9.64 Å². The number of aromatic nitrogens is 1. The molecule has 0 spiro atoms. The second-order valence-corrected chi connectivity index (χ2v) is 7.56. The number of piperazine rings is 1. The first-order valence-electron chi connectivity index (χ1n) is 10.9. The van der Waals surface area contributed by atoms with E-state index < -0.39 is 0 Å². The maximum Gasteiger partial charge on any atom is 0.344 e. The highest BCUT2D eigenvalue weighted by atomic mass is 16.6. The Labute approximate surface area is 183 Å². The van der Waals surface area contributed by atoms with E-state index in [1.807, 2.05) is 30.3 Å². The molecule has 0 atom stereocenters. The predicted octanol–water partition coefficient (Wildman–Crippen LogP) is 3.99. The van der Waals surface area contributed by atoms with Gasteiger partial charge in [-0.2, -0.15) is 0 Å². The lowest BCUT2D eigenvalue weighted by Crippen LogP contribution is -2.46. The van der Waals surface area contributed by atoms with Crippen LogP contribution in [0.25, 0.3) is 22.0 Å². The average Bonchev–Trinajstić information content (AvgIpc) is 2.82. The molecule has 1 aromatic heterocycles. The van der Waals surface area contributed by atoms with Gasteiger partial charge in [-0.3, -0.25) is 0 Å². The zero-order chi connectivity index (χ0) is 21.6. The van der Waals surface area contributed by atoms with Crippen molar-refractivity contribution in [2.45, 2.75) is 13.8 Å². The van der Waals surface area contributed by atoms with Crippen LogP contribution in [0.5, 0.6) is 5.75 Å². The second kappa shape index (κ2) is 9.79. The largest absolute Gasteiger partial charge is 0.481 e. The Morgan fingerprint density at radius 1 is 1.00 bits per heavy atom. The summed E-state index contributed by atoms with van der Waals surface area (Å²) in [5, 5.41) is 2.29. The van der Waals surface area contributed by atoms with Crippen molar-refractivity contribution in [1.82, 2.24) is 9.88 Å². The molecule has 3 aromatic rings. The lowest BCUT2D eigenvalue weighted by Gasteiger charge is -2.35. The van der Waals surface area contributed by atoms with Crippen LogP contribution in [-0.4, -0.2) is 61.8 Å². The summed E-state index contributed by atoms with van der Waals surface area (Å²) in [6.45, 7) is 9.27. The van der Waals surface area contributed by atoms with Gasteiger partial charge >= 0.3 is 5.97 Å². The van der Waals surface area contributed by atoms with Gasteiger partial charge in [-0.1, -0.05) is 43.3 Å². The summed E-state index contributed by atoms with van der Waals surface area (Å²) in [6.07, 6.45) is 0. The molecule has 0 unspecified atom stereocenters. The normalized spacial score (nSPS) is 14.6. The molecule has 0 saturated carbocycles. The number of nitrogens with zero attached hydrogens (tertiary/aromatic N) is 3. The molecule has 1 saturated heterocycles. The van der Waals surface area contributed by atoms with Crippen LogP contribution in [-0.2, 0) is 9.53 Å². The predicted molar refractivity (Wildman–Crippen MR) is 124 cm³/mol. The number of para-hydroxylation sites is 1. The van der Waals surface area contributed by atoms with E-state index in [-0.39, 0.29) is 12.6 Å². The van der Waals surface area contributed by atoms with Crippen molar-refractivity contribution in [1.29, 1.82) is 0 Å². The molecule has 2 aromatic carbocycles. The van der Waals surface area contributed by atoms with E-state index >= 15 is 0 Å². The number of anilines is 1. The van der Waals surface area contributed by atoms with Gasteiger partial charge in [-0.15, -0.1) is 0 Å². The maximum absolute atomic E-state index is 11.8. The number of pyridine rings is 1. The SMILES string of the molecule is CCOC(=O)COc1ccccc1-c1cc2ccccc2c(N2CCN(CC)CC2)n1. The van der Waals surface area contributed by atoms with E-state index in [1.165, 1.54) is 0 Å². The molecule has 6 heteroatoms.